The summed E-state index contributed by atoms with van der Waals surface area (Å²) in [6.07, 6.45) is 0. The minimum Gasteiger partial charge on any atom is -0.344 e. The lowest BCUT2D eigenvalue weighted by Gasteiger charge is -2.06. The SMILES string of the molecule is Cc1nc(NC(=O)C(=O)NCc2ccccc2Cl)sc1C. The van der Waals surface area contributed by atoms with Gasteiger partial charge in [-0.1, -0.05) is 29.8 Å². The molecule has 0 radical (unpaired) electrons. The number of aromatic nitrogens is 1. The lowest BCUT2D eigenvalue weighted by atomic mass is 10.2. The maximum atomic E-state index is 11.7. The molecule has 0 atom stereocenters. The van der Waals surface area contributed by atoms with Gasteiger partial charge in [0.15, 0.2) is 5.13 Å². The number of hydrogen-bond acceptors (Lipinski definition) is 4. The number of thiazole rings is 1. The van der Waals surface area contributed by atoms with Crippen molar-refractivity contribution in [2.75, 3.05) is 5.32 Å². The monoisotopic (exact) mass is 323 g/mol. The number of nitrogens with zero attached hydrogens (tertiary/aromatic N) is 1. The van der Waals surface area contributed by atoms with Gasteiger partial charge in [-0.2, -0.15) is 0 Å². The topological polar surface area (TPSA) is 71.1 Å². The number of carbonyl (C=O) groups is 2. The van der Waals surface area contributed by atoms with E-state index in [1.165, 1.54) is 11.3 Å². The summed E-state index contributed by atoms with van der Waals surface area (Å²) in [5.41, 5.74) is 1.59. The Morgan fingerprint density at radius 3 is 2.57 bits per heavy atom. The maximum absolute atomic E-state index is 11.7. The summed E-state index contributed by atoms with van der Waals surface area (Å²) in [7, 11) is 0. The van der Waals surface area contributed by atoms with Crippen molar-refractivity contribution in [3.8, 4) is 0 Å². The highest BCUT2D eigenvalue weighted by Crippen LogP contribution is 2.20. The van der Waals surface area contributed by atoms with Crippen molar-refractivity contribution < 1.29 is 9.59 Å². The molecule has 1 heterocycles. The van der Waals surface area contributed by atoms with Crippen LogP contribution in [0.1, 0.15) is 16.1 Å². The van der Waals surface area contributed by atoms with E-state index in [1.807, 2.05) is 19.9 Å². The predicted molar refractivity (Wildman–Crippen MR) is 83.5 cm³/mol. The Hall–Kier alpha value is -1.92. The van der Waals surface area contributed by atoms with E-state index in [-0.39, 0.29) is 6.54 Å². The summed E-state index contributed by atoms with van der Waals surface area (Å²) in [4.78, 5) is 28.6. The van der Waals surface area contributed by atoms with Gasteiger partial charge in [-0.15, -0.1) is 11.3 Å². The molecule has 0 aliphatic heterocycles. The van der Waals surface area contributed by atoms with Crippen molar-refractivity contribution in [1.82, 2.24) is 10.3 Å². The van der Waals surface area contributed by atoms with E-state index in [4.69, 9.17) is 11.6 Å². The minimum atomic E-state index is -0.740. The fourth-order valence-electron chi connectivity index (χ4n) is 1.58. The van der Waals surface area contributed by atoms with Gasteiger partial charge in [0.25, 0.3) is 0 Å². The van der Waals surface area contributed by atoms with Crippen molar-refractivity contribution in [3.05, 3.63) is 45.4 Å². The van der Waals surface area contributed by atoms with Gasteiger partial charge >= 0.3 is 11.8 Å². The van der Waals surface area contributed by atoms with Crippen LogP contribution in [0, 0.1) is 13.8 Å². The quantitative estimate of drug-likeness (QED) is 0.853. The van der Waals surface area contributed by atoms with Crippen LogP contribution in [0.4, 0.5) is 5.13 Å². The van der Waals surface area contributed by atoms with Crippen LogP contribution in [0.3, 0.4) is 0 Å². The van der Waals surface area contributed by atoms with Gasteiger partial charge in [0.05, 0.1) is 5.69 Å². The molecule has 0 fully saturated rings. The number of hydrogen-bond donors (Lipinski definition) is 2. The third-order valence-corrected chi connectivity index (χ3v) is 4.21. The van der Waals surface area contributed by atoms with Crippen LogP contribution >= 0.6 is 22.9 Å². The second-order valence-electron chi connectivity index (χ2n) is 4.39. The molecule has 0 unspecified atom stereocenters. The van der Waals surface area contributed by atoms with Crippen LogP contribution in [0.5, 0.6) is 0 Å². The molecule has 2 aromatic rings. The van der Waals surface area contributed by atoms with Gasteiger partial charge in [0.1, 0.15) is 0 Å². The Morgan fingerprint density at radius 2 is 1.95 bits per heavy atom. The first-order chi connectivity index (χ1) is 9.97. The Bertz CT molecular complexity index is 665. The lowest BCUT2D eigenvalue weighted by molar-refractivity contribution is -0.136. The number of carbonyl (C=O) groups excluding carboxylic acids is 2. The first-order valence-electron chi connectivity index (χ1n) is 6.24. The van der Waals surface area contributed by atoms with Crippen LogP contribution in [0.2, 0.25) is 5.02 Å². The molecule has 0 aliphatic carbocycles. The van der Waals surface area contributed by atoms with Crippen molar-refractivity contribution >= 4 is 39.9 Å². The number of aryl methyl sites for hydroxylation is 2. The average Bonchev–Trinajstić information content (AvgIpc) is 2.76. The number of amides is 2. The summed E-state index contributed by atoms with van der Waals surface area (Å²) in [5, 5.41) is 5.97. The highest BCUT2D eigenvalue weighted by molar-refractivity contribution is 7.15. The highest BCUT2D eigenvalue weighted by Gasteiger charge is 2.16. The van der Waals surface area contributed by atoms with Gasteiger partial charge in [0.2, 0.25) is 0 Å². The highest BCUT2D eigenvalue weighted by atomic mass is 35.5. The van der Waals surface area contributed by atoms with E-state index in [0.717, 1.165) is 16.1 Å². The van der Waals surface area contributed by atoms with Gasteiger partial charge in [-0.25, -0.2) is 4.98 Å². The molecule has 21 heavy (non-hydrogen) atoms. The third kappa shape index (κ3) is 4.03. The number of benzene rings is 1. The fraction of sp³-hybridized carbons (Fsp3) is 0.214. The zero-order valence-corrected chi connectivity index (χ0v) is 13.1. The molecular formula is C14H14ClN3O2S. The Balaban J connectivity index is 1.91. The van der Waals surface area contributed by atoms with Crippen LogP contribution in [-0.4, -0.2) is 16.8 Å². The zero-order chi connectivity index (χ0) is 15.4. The summed E-state index contributed by atoms with van der Waals surface area (Å²) in [6, 6.07) is 7.13. The molecule has 1 aromatic carbocycles. The molecule has 1 aromatic heterocycles. The minimum absolute atomic E-state index is 0.196. The third-order valence-electron chi connectivity index (χ3n) is 2.85. The van der Waals surface area contributed by atoms with E-state index in [1.54, 1.807) is 18.2 Å². The first kappa shape index (κ1) is 15.5. The number of nitrogens with one attached hydrogen (secondary N) is 2. The molecule has 0 spiro atoms. The normalized spacial score (nSPS) is 10.2. The average molecular weight is 324 g/mol. The van der Waals surface area contributed by atoms with Gasteiger partial charge in [0, 0.05) is 16.4 Å². The van der Waals surface area contributed by atoms with Crippen molar-refractivity contribution in [3.63, 3.8) is 0 Å². The fourth-order valence-corrected chi connectivity index (χ4v) is 2.59. The summed E-state index contributed by atoms with van der Waals surface area (Å²) >= 11 is 7.31. The van der Waals surface area contributed by atoms with Crippen molar-refractivity contribution in [2.24, 2.45) is 0 Å². The predicted octanol–water partition coefficient (Wildman–Crippen LogP) is 2.67. The van der Waals surface area contributed by atoms with Gasteiger partial charge in [-0.05, 0) is 25.5 Å². The largest absolute Gasteiger partial charge is 0.344 e. The van der Waals surface area contributed by atoms with Crippen LogP contribution in [-0.2, 0) is 16.1 Å². The summed E-state index contributed by atoms with van der Waals surface area (Å²) < 4.78 is 0. The molecule has 110 valence electrons. The van der Waals surface area contributed by atoms with Crippen LogP contribution < -0.4 is 10.6 Å². The molecule has 0 saturated carbocycles. The molecule has 2 N–H and O–H groups in total. The summed E-state index contributed by atoms with van der Waals surface area (Å²) in [6.45, 7) is 3.95. The Morgan fingerprint density at radius 1 is 1.24 bits per heavy atom. The van der Waals surface area contributed by atoms with E-state index in [0.29, 0.717) is 10.2 Å². The Kier molecular flexibility index (Phi) is 4.93. The Labute approximate surface area is 131 Å². The molecule has 0 aliphatic rings. The second-order valence-corrected chi connectivity index (χ2v) is 6.00. The zero-order valence-electron chi connectivity index (χ0n) is 11.6. The molecule has 7 heteroatoms. The number of halogens is 1. The van der Waals surface area contributed by atoms with Crippen molar-refractivity contribution in [2.45, 2.75) is 20.4 Å². The smallest absolute Gasteiger partial charge is 0.315 e. The van der Waals surface area contributed by atoms with E-state index in [9.17, 15) is 9.59 Å². The maximum Gasteiger partial charge on any atom is 0.315 e. The molecule has 2 rings (SSSR count). The van der Waals surface area contributed by atoms with Crippen LogP contribution in [0.15, 0.2) is 24.3 Å². The van der Waals surface area contributed by atoms with Gasteiger partial charge in [-0.3, -0.25) is 14.9 Å². The van der Waals surface area contributed by atoms with Gasteiger partial charge < -0.3 is 5.32 Å². The van der Waals surface area contributed by atoms with Crippen LogP contribution in [0.25, 0.3) is 0 Å². The van der Waals surface area contributed by atoms with E-state index < -0.39 is 11.8 Å². The first-order valence-corrected chi connectivity index (χ1v) is 7.43. The molecule has 5 nitrogen and oxygen atoms in total. The molecule has 0 saturated heterocycles. The van der Waals surface area contributed by atoms with Crippen molar-refractivity contribution in [1.29, 1.82) is 0 Å². The second kappa shape index (κ2) is 6.69. The lowest BCUT2D eigenvalue weighted by Crippen LogP contribution is -2.35. The summed E-state index contributed by atoms with van der Waals surface area (Å²) in [5.74, 6) is -1.46. The molecule has 2 amide bonds. The standard InChI is InChI=1S/C14H14ClN3O2S/c1-8-9(2)21-14(17-8)18-13(20)12(19)16-7-10-5-3-4-6-11(10)15/h3-6H,7H2,1-2H3,(H,16,19)(H,17,18,20). The number of anilines is 1. The number of rotatable bonds is 3. The molecule has 0 bridgehead atoms. The van der Waals surface area contributed by atoms with E-state index in [2.05, 4.69) is 15.6 Å². The molecular weight excluding hydrogens is 310 g/mol. The van der Waals surface area contributed by atoms with E-state index >= 15 is 0 Å².